The third-order valence-corrected chi connectivity index (χ3v) is 3.32. The summed E-state index contributed by atoms with van der Waals surface area (Å²) >= 11 is 1.24. The molecule has 0 atom stereocenters. The predicted octanol–water partition coefficient (Wildman–Crippen LogP) is 2.98. The predicted molar refractivity (Wildman–Crippen MR) is 69.9 cm³/mol. The monoisotopic (exact) mass is 258 g/mol. The number of hydrogen-bond donors (Lipinski definition) is 1. The van der Waals surface area contributed by atoms with Gasteiger partial charge < -0.3 is 9.84 Å². The molecule has 1 N–H and O–H groups in total. The summed E-state index contributed by atoms with van der Waals surface area (Å²) in [5.74, 6) is 0.744. The molecule has 0 radical (unpaired) electrons. The molecule has 1 heterocycles. The van der Waals surface area contributed by atoms with Crippen LogP contribution < -0.4 is 4.74 Å². The van der Waals surface area contributed by atoms with Gasteiger partial charge in [-0.1, -0.05) is 52.8 Å². The smallest absolute Gasteiger partial charge is 0.299 e. The second kappa shape index (κ2) is 4.72. The van der Waals surface area contributed by atoms with Crippen molar-refractivity contribution in [1.82, 2.24) is 10.2 Å². The molecule has 2 aromatic carbocycles. The van der Waals surface area contributed by atoms with Crippen LogP contribution in [0.25, 0.3) is 10.8 Å². The van der Waals surface area contributed by atoms with Crippen molar-refractivity contribution < 1.29 is 9.84 Å². The van der Waals surface area contributed by atoms with Gasteiger partial charge in [-0.05, 0) is 11.5 Å². The molecule has 0 aliphatic carbocycles. The molecule has 1 aromatic heterocycles. The molecule has 0 amide bonds. The van der Waals surface area contributed by atoms with E-state index >= 15 is 0 Å². The normalized spacial score (nSPS) is 10.7. The van der Waals surface area contributed by atoms with E-state index in [1.54, 1.807) is 0 Å². The maximum atomic E-state index is 8.94. The zero-order valence-corrected chi connectivity index (χ0v) is 10.2. The van der Waals surface area contributed by atoms with Gasteiger partial charge in [-0.3, -0.25) is 0 Å². The first-order valence-corrected chi connectivity index (χ1v) is 6.27. The largest absolute Gasteiger partial charge is 0.429 e. The van der Waals surface area contributed by atoms with E-state index in [0.29, 0.717) is 10.2 Å². The van der Waals surface area contributed by atoms with E-state index in [0.717, 1.165) is 16.5 Å². The van der Waals surface area contributed by atoms with Crippen molar-refractivity contribution in [3.63, 3.8) is 0 Å². The van der Waals surface area contributed by atoms with Crippen molar-refractivity contribution in [2.75, 3.05) is 0 Å². The van der Waals surface area contributed by atoms with E-state index in [-0.39, 0.29) is 6.61 Å². The Morgan fingerprint density at radius 2 is 1.89 bits per heavy atom. The molecule has 0 spiro atoms. The van der Waals surface area contributed by atoms with E-state index in [2.05, 4.69) is 10.2 Å². The Hall–Kier alpha value is -1.98. The molecule has 90 valence electrons. The molecule has 5 heteroatoms. The van der Waals surface area contributed by atoms with Gasteiger partial charge in [0.05, 0.1) is 6.61 Å². The lowest BCUT2D eigenvalue weighted by molar-refractivity contribution is 0.280. The molecule has 0 aliphatic rings. The lowest BCUT2D eigenvalue weighted by Crippen LogP contribution is -1.85. The summed E-state index contributed by atoms with van der Waals surface area (Å²) in [7, 11) is 0. The standard InChI is InChI=1S/C13H10N2O2S/c16-8-12-14-15-13(18-12)17-11-7-3-5-9-4-1-2-6-10(9)11/h1-7,16H,8H2. The summed E-state index contributed by atoms with van der Waals surface area (Å²) in [5.41, 5.74) is 0. The molecule has 0 aliphatic heterocycles. The quantitative estimate of drug-likeness (QED) is 0.784. The maximum Gasteiger partial charge on any atom is 0.299 e. The van der Waals surface area contributed by atoms with Crippen LogP contribution in [0.1, 0.15) is 5.01 Å². The van der Waals surface area contributed by atoms with Crippen molar-refractivity contribution >= 4 is 22.1 Å². The minimum Gasteiger partial charge on any atom is -0.429 e. The Balaban J connectivity index is 1.99. The van der Waals surface area contributed by atoms with Crippen molar-refractivity contribution in [3.8, 4) is 10.9 Å². The van der Waals surface area contributed by atoms with Crippen LogP contribution in [0, 0.1) is 0 Å². The van der Waals surface area contributed by atoms with Gasteiger partial charge in [0.25, 0.3) is 5.19 Å². The van der Waals surface area contributed by atoms with Gasteiger partial charge in [0, 0.05) is 5.39 Å². The Labute approximate surface area is 107 Å². The molecule has 0 fully saturated rings. The Morgan fingerprint density at radius 1 is 1.06 bits per heavy atom. The molecular formula is C13H10N2O2S. The van der Waals surface area contributed by atoms with Crippen molar-refractivity contribution in [2.45, 2.75) is 6.61 Å². The number of aliphatic hydroxyl groups excluding tert-OH is 1. The SMILES string of the molecule is OCc1nnc(Oc2cccc3ccccc23)s1. The molecule has 4 nitrogen and oxygen atoms in total. The Kier molecular flexibility index (Phi) is 2.92. The lowest BCUT2D eigenvalue weighted by atomic mass is 10.1. The van der Waals surface area contributed by atoms with Crippen LogP contribution in [0.5, 0.6) is 10.9 Å². The average Bonchev–Trinajstić information content (AvgIpc) is 2.87. The van der Waals surface area contributed by atoms with Crippen molar-refractivity contribution in [2.24, 2.45) is 0 Å². The minimum absolute atomic E-state index is 0.115. The van der Waals surface area contributed by atoms with Crippen LogP contribution in [0.2, 0.25) is 0 Å². The molecule has 18 heavy (non-hydrogen) atoms. The Morgan fingerprint density at radius 3 is 2.72 bits per heavy atom. The molecular weight excluding hydrogens is 248 g/mol. The van der Waals surface area contributed by atoms with E-state index in [1.807, 2.05) is 42.5 Å². The second-order valence-corrected chi connectivity index (χ2v) is 4.72. The van der Waals surface area contributed by atoms with Crippen LogP contribution in [-0.4, -0.2) is 15.3 Å². The molecule has 3 aromatic rings. The highest BCUT2D eigenvalue weighted by atomic mass is 32.1. The van der Waals surface area contributed by atoms with Crippen molar-refractivity contribution in [3.05, 3.63) is 47.5 Å². The number of ether oxygens (including phenoxy) is 1. The number of hydrogen-bond acceptors (Lipinski definition) is 5. The summed E-state index contributed by atoms with van der Waals surface area (Å²) in [4.78, 5) is 0. The fourth-order valence-corrected chi connectivity index (χ4v) is 2.28. The summed E-state index contributed by atoms with van der Waals surface area (Å²) in [5, 5.41) is 19.7. The number of rotatable bonds is 3. The highest BCUT2D eigenvalue weighted by Crippen LogP contribution is 2.31. The minimum atomic E-state index is -0.115. The first-order valence-electron chi connectivity index (χ1n) is 5.45. The summed E-state index contributed by atoms with van der Waals surface area (Å²) < 4.78 is 5.71. The van der Waals surface area contributed by atoms with Crippen LogP contribution in [0.4, 0.5) is 0 Å². The van der Waals surface area contributed by atoms with Crippen LogP contribution >= 0.6 is 11.3 Å². The van der Waals surface area contributed by atoms with E-state index in [1.165, 1.54) is 11.3 Å². The van der Waals surface area contributed by atoms with E-state index in [9.17, 15) is 0 Å². The molecule has 0 bridgehead atoms. The fourth-order valence-electron chi connectivity index (χ4n) is 1.72. The maximum absolute atomic E-state index is 8.94. The third-order valence-electron chi connectivity index (χ3n) is 2.53. The van der Waals surface area contributed by atoms with Gasteiger partial charge in [-0.25, -0.2) is 0 Å². The van der Waals surface area contributed by atoms with Crippen LogP contribution in [0.3, 0.4) is 0 Å². The number of nitrogens with zero attached hydrogens (tertiary/aromatic N) is 2. The summed E-state index contributed by atoms with van der Waals surface area (Å²) in [6.07, 6.45) is 0. The van der Waals surface area contributed by atoms with Gasteiger partial charge in [0.15, 0.2) is 0 Å². The summed E-state index contributed by atoms with van der Waals surface area (Å²) in [6.45, 7) is -0.115. The fraction of sp³-hybridized carbons (Fsp3) is 0.0769. The van der Waals surface area contributed by atoms with E-state index < -0.39 is 0 Å². The average molecular weight is 258 g/mol. The molecule has 0 saturated carbocycles. The first-order chi connectivity index (χ1) is 8.86. The second-order valence-electron chi connectivity index (χ2n) is 3.70. The van der Waals surface area contributed by atoms with Gasteiger partial charge in [-0.15, -0.1) is 5.10 Å². The van der Waals surface area contributed by atoms with E-state index in [4.69, 9.17) is 9.84 Å². The topological polar surface area (TPSA) is 55.2 Å². The zero-order valence-electron chi connectivity index (χ0n) is 9.41. The van der Waals surface area contributed by atoms with Crippen LogP contribution in [-0.2, 0) is 6.61 Å². The number of aromatic nitrogens is 2. The Bertz CT molecular complexity index is 676. The molecule has 3 rings (SSSR count). The molecule has 0 unspecified atom stereocenters. The van der Waals surface area contributed by atoms with Gasteiger partial charge in [-0.2, -0.15) is 0 Å². The van der Waals surface area contributed by atoms with Gasteiger partial charge >= 0.3 is 0 Å². The number of benzene rings is 2. The number of aliphatic hydroxyl groups is 1. The lowest BCUT2D eigenvalue weighted by Gasteiger charge is -2.05. The molecule has 0 saturated heterocycles. The van der Waals surface area contributed by atoms with Gasteiger partial charge in [0.2, 0.25) is 0 Å². The van der Waals surface area contributed by atoms with Crippen LogP contribution in [0.15, 0.2) is 42.5 Å². The highest BCUT2D eigenvalue weighted by Gasteiger charge is 2.07. The first kappa shape index (κ1) is 11.1. The zero-order chi connectivity index (χ0) is 12.4. The summed E-state index contributed by atoms with van der Waals surface area (Å²) in [6, 6.07) is 13.8. The van der Waals surface area contributed by atoms with Crippen molar-refractivity contribution in [1.29, 1.82) is 0 Å². The van der Waals surface area contributed by atoms with Gasteiger partial charge in [0.1, 0.15) is 10.8 Å². The third kappa shape index (κ3) is 2.05. The highest BCUT2D eigenvalue weighted by molar-refractivity contribution is 7.13. The number of fused-ring (bicyclic) bond motifs is 1.